The highest BCUT2D eigenvalue weighted by atomic mass is 35.5. The molecule has 114 valence electrons. The minimum Gasteiger partial charge on any atom is -0.366 e. The van der Waals surface area contributed by atoms with Crippen LogP contribution in [0.5, 0.6) is 0 Å². The Morgan fingerprint density at radius 3 is 2.43 bits per heavy atom. The Bertz CT molecular complexity index is 852. The number of carbonyl (C=O) groups is 1. The molecule has 0 spiro atoms. The average Bonchev–Trinajstić information content (AvgIpc) is 2.99. The molecule has 0 aliphatic carbocycles. The molecule has 0 saturated heterocycles. The molecule has 0 fully saturated rings. The molecule has 1 amide bonds. The first kappa shape index (κ1) is 15.1. The molecule has 3 aromatic rings. The Morgan fingerprint density at radius 2 is 1.78 bits per heavy atom. The van der Waals surface area contributed by atoms with Crippen molar-refractivity contribution in [3.63, 3.8) is 0 Å². The number of rotatable bonds is 4. The molecule has 0 aliphatic heterocycles. The molecule has 2 aromatic carbocycles. The maximum Gasteiger partial charge on any atom is 0.241 e. The first-order chi connectivity index (χ1) is 11.1. The van der Waals surface area contributed by atoms with Gasteiger partial charge in [-0.2, -0.15) is 5.10 Å². The molecular weight excluding hydrogens is 310 g/mol. The lowest BCUT2D eigenvalue weighted by Crippen LogP contribution is -2.05. The zero-order valence-corrected chi connectivity index (χ0v) is 12.9. The predicted molar refractivity (Wildman–Crippen MR) is 92.2 cm³/mol. The van der Waals surface area contributed by atoms with Gasteiger partial charge >= 0.3 is 0 Å². The van der Waals surface area contributed by atoms with Crippen molar-refractivity contribution in [3.8, 4) is 16.9 Å². The van der Waals surface area contributed by atoms with Crippen LogP contribution in [0.3, 0.4) is 0 Å². The molecule has 1 heterocycles. The number of hydrogen-bond acceptors (Lipinski definition) is 2. The van der Waals surface area contributed by atoms with Crippen molar-refractivity contribution in [1.82, 2.24) is 9.78 Å². The van der Waals surface area contributed by atoms with Gasteiger partial charge in [0.2, 0.25) is 5.91 Å². The molecule has 3 rings (SSSR count). The van der Waals surface area contributed by atoms with E-state index in [9.17, 15) is 4.79 Å². The van der Waals surface area contributed by atoms with Crippen LogP contribution in [0.25, 0.3) is 23.0 Å². The van der Waals surface area contributed by atoms with Gasteiger partial charge in [-0.15, -0.1) is 0 Å². The smallest absolute Gasteiger partial charge is 0.241 e. The number of hydrogen-bond donors (Lipinski definition) is 1. The summed E-state index contributed by atoms with van der Waals surface area (Å²) in [6.07, 6.45) is 4.85. The van der Waals surface area contributed by atoms with Crippen LogP contribution < -0.4 is 5.73 Å². The van der Waals surface area contributed by atoms with Gasteiger partial charge in [-0.1, -0.05) is 41.9 Å². The van der Waals surface area contributed by atoms with E-state index < -0.39 is 5.91 Å². The summed E-state index contributed by atoms with van der Waals surface area (Å²) in [6, 6.07) is 17.1. The summed E-state index contributed by atoms with van der Waals surface area (Å²) in [5, 5.41) is 5.29. The number of primary amides is 1. The van der Waals surface area contributed by atoms with Crippen molar-refractivity contribution < 1.29 is 4.79 Å². The number of aromatic nitrogens is 2. The van der Waals surface area contributed by atoms with Gasteiger partial charge in [-0.05, 0) is 30.3 Å². The maximum atomic E-state index is 11.0. The van der Waals surface area contributed by atoms with Crippen LogP contribution in [0.15, 0.2) is 66.9 Å². The zero-order valence-electron chi connectivity index (χ0n) is 12.2. The summed E-state index contributed by atoms with van der Waals surface area (Å²) in [6.45, 7) is 0. The second-order valence-corrected chi connectivity index (χ2v) is 5.39. The Kier molecular flexibility index (Phi) is 4.26. The van der Waals surface area contributed by atoms with E-state index in [0.29, 0.717) is 5.02 Å². The normalized spacial score (nSPS) is 11.0. The highest BCUT2D eigenvalue weighted by Gasteiger charge is 2.10. The summed E-state index contributed by atoms with van der Waals surface area (Å²) in [7, 11) is 0. The molecule has 0 aliphatic rings. The predicted octanol–water partition coefficient (Wildman–Crippen LogP) is 3.69. The molecule has 0 radical (unpaired) electrons. The Balaban J connectivity index is 2.10. The van der Waals surface area contributed by atoms with Crippen molar-refractivity contribution in [2.24, 2.45) is 5.73 Å². The number of halogens is 1. The second-order valence-electron chi connectivity index (χ2n) is 4.96. The third-order valence-corrected chi connectivity index (χ3v) is 3.56. The number of para-hydroxylation sites is 1. The van der Waals surface area contributed by atoms with E-state index in [1.165, 1.54) is 6.08 Å². The van der Waals surface area contributed by atoms with Gasteiger partial charge in [-0.25, -0.2) is 4.68 Å². The highest BCUT2D eigenvalue weighted by molar-refractivity contribution is 6.30. The largest absolute Gasteiger partial charge is 0.366 e. The van der Waals surface area contributed by atoms with Crippen LogP contribution in [-0.2, 0) is 4.79 Å². The van der Waals surface area contributed by atoms with E-state index in [0.717, 1.165) is 22.5 Å². The van der Waals surface area contributed by atoms with E-state index in [1.807, 2.05) is 48.7 Å². The summed E-state index contributed by atoms with van der Waals surface area (Å²) in [5.41, 5.74) is 8.59. The van der Waals surface area contributed by atoms with Gasteiger partial charge in [0.05, 0.1) is 11.4 Å². The lowest BCUT2D eigenvalue weighted by molar-refractivity contribution is -0.113. The standard InChI is InChI=1S/C18H14ClN3O/c19-15-9-6-13(7-10-15)18-14(8-11-17(20)23)12-22(21-18)16-4-2-1-3-5-16/h1-12H,(H2,20,23). The van der Waals surface area contributed by atoms with Crippen molar-refractivity contribution >= 4 is 23.6 Å². The summed E-state index contributed by atoms with van der Waals surface area (Å²) in [5.74, 6) is -0.500. The van der Waals surface area contributed by atoms with Crippen LogP contribution in [0.1, 0.15) is 5.56 Å². The third-order valence-electron chi connectivity index (χ3n) is 3.31. The first-order valence-electron chi connectivity index (χ1n) is 7.02. The fourth-order valence-electron chi connectivity index (χ4n) is 2.23. The van der Waals surface area contributed by atoms with Crippen LogP contribution in [0.4, 0.5) is 0 Å². The van der Waals surface area contributed by atoms with Crippen LogP contribution in [0.2, 0.25) is 5.02 Å². The molecule has 0 saturated carbocycles. The quantitative estimate of drug-likeness (QED) is 0.744. The molecule has 0 atom stereocenters. The fourth-order valence-corrected chi connectivity index (χ4v) is 2.35. The lowest BCUT2D eigenvalue weighted by Gasteiger charge is -2.00. The van der Waals surface area contributed by atoms with Crippen molar-refractivity contribution in [3.05, 3.63) is 77.5 Å². The van der Waals surface area contributed by atoms with Crippen molar-refractivity contribution in [1.29, 1.82) is 0 Å². The van der Waals surface area contributed by atoms with Crippen LogP contribution in [-0.4, -0.2) is 15.7 Å². The number of nitrogens with zero attached hydrogens (tertiary/aromatic N) is 2. The zero-order chi connectivity index (χ0) is 16.2. The lowest BCUT2D eigenvalue weighted by atomic mass is 10.1. The Labute approximate surface area is 138 Å². The van der Waals surface area contributed by atoms with Gasteiger partial charge in [0, 0.05) is 28.4 Å². The number of carbonyl (C=O) groups excluding carboxylic acids is 1. The molecule has 5 heteroatoms. The SMILES string of the molecule is NC(=O)C=Cc1cn(-c2ccccc2)nc1-c1ccc(Cl)cc1. The van der Waals surface area contributed by atoms with Gasteiger partial charge in [0.1, 0.15) is 0 Å². The molecule has 0 bridgehead atoms. The van der Waals surface area contributed by atoms with E-state index in [2.05, 4.69) is 5.10 Å². The number of benzene rings is 2. The van der Waals surface area contributed by atoms with Gasteiger partial charge in [-0.3, -0.25) is 4.79 Å². The van der Waals surface area contributed by atoms with E-state index >= 15 is 0 Å². The topological polar surface area (TPSA) is 60.9 Å². The summed E-state index contributed by atoms with van der Waals surface area (Å²) < 4.78 is 1.77. The molecule has 0 unspecified atom stereocenters. The fraction of sp³-hybridized carbons (Fsp3) is 0. The van der Waals surface area contributed by atoms with Crippen LogP contribution >= 0.6 is 11.6 Å². The van der Waals surface area contributed by atoms with Crippen molar-refractivity contribution in [2.75, 3.05) is 0 Å². The molecular formula is C18H14ClN3O. The third kappa shape index (κ3) is 3.49. The summed E-state index contributed by atoms with van der Waals surface area (Å²) in [4.78, 5) is 11.0. The van der Waals surface area contributed by atoms with E-state index in [1.54, 1.807) is 22.9 Å². The summed E-state index contributed by atoms with van der Waals surface area (Å²) >= 11 is 5.94. The Morgan fingerprint density at radius 1 is 1.09 bits per heavy atom. The molecule has 2 N–H and O–H groups in total. The minimum atomic E-state index is -0.500. The molecule has 4 nitrogen and oxygen atoms in total. The highest BCUT2D eigenvalue weighted by Crippen LogP contribution is 2.26. The molecule has 23 heavy (non-hydrogen) atoms. The minimum absolute atomic E-state index is 0.500. The number of amides is 1. The number of nitrogens with two attached hydrogens (primary N) is 1. The van der Waals surface area contributed by atoms with Gasteiger partial charge in [0.15, 0.2) is 0 Å². The molecule has 1 aromatic heterocycles. The first-order valence-corrected chi connectivity index (χ1v) is 7.40. The van der Waals surface area contributed by atoms with E-state index in [4.69, 9.17) is 17.3 Å². The average molecular weight is 324 g/mol. The van der Waals surface area contributed by atoms with E-state index in [-0.39, 0.29) is 0 Å². The maximum absolute atomic E-state index is 11.0. The van der Waals surface area contributed by atoms with Gasteiger partial charge < -0.3 is 5.73 Å². The van der Waals surface area contributed by atoms with Crippen molar-refractivity contribution in [2.45, 2.75) is 0 Å². The van der Waals surface area contributed by atoms with Gasteiger partial charge in [0.25, 0.3) is 0 Å². The van der Waals surface area contributed by atoms with Crippen LogP contribution in [0, 0.1) is 0 Å². The second kappa shape index (κ2) is 6.50. The monoisotopic (exact) mass is 323 g/mol. The Hall–Kier alpha value is -2.85.